The van der Waals surface area contributed by atoms with Gasteiger partial charge in [-0.25, -0.2) is 18.2 Å². The summed E-state index contributed by atoms with van der Waals surface area (Å²) in [7, 11) is -3.31. The van der Waals surface area contributed by atoms with Crippen molar-refractivity contribution in [3.8, 4) is 0 Å². The number of nitrogens with zero attached hydrogens (tertiary/aromatic N) is 2. The predicted molar refractivity (Wildman–Crippen MR) is 94.5 cm³/mol. The van der Waals surface area contributed by atoms with E-state index in [1.165, 1.54) is 12.1 Å². The Hall–Kier alpha value is -2.46. The van der Waals surface area contributed by atoms with Crippen molar-refractivity contribution in [1.29, 1.82) is 0 Å². The maximum atomic E-state index is 11.5. The third kappa shape index (κ3) is 4.54. The molecule has 0 saturated heterocycles. The first-order valence-corrected chi connectivity index (χ1v) is 9.91. The van der Waals surface area contributed by atoms with E-state index >= 15 is 0 Å². The van der Waals surface area contributed by atoms with Gasteiger partial charge in [0, 0.05) is 11.8 Å². The number of rotatable bonds is 5. The number of oxime groups is 1. The van der Waals surface area contributed by atoms with Gasteiger partial charge in [0.15, 0.2) is 15.0 Å². The van der Waals surface area contributed by atoms with Crippen molar-refractivity contribution in [2.45, 2.75) is 18.7 Å². The SMILES string of the molecule is CCOC(=O)Nc1nc(C)c(/C(=N/O)c2ccc(S(C)(=O)=O)cc2)s1. The van der Waals surface area contributed by atoms with Crippen molar-refractivity contribution < 1.29 is 23.2 Å². The number of anilines is 1. The van der Waals surface area contributed by atoms with E-state index in [1.807, 2.05) is 0 Å². The maximum Gasteiger partial charge on any atom is 0.413 e. The first-order chi connectivity index (χ1) is 11.8. The molecule has 0 bridgehead atoms. The lowest BCUT2D eigenvalue weighted by Gasteiger charge is -2.04. The van der Waals surface area contributed by atoms with Crippen molar-refractivity contribution in [1.82, 2.24) is 4.98 Å². The monoisotopic (exact) mass is 383 g/mol. The Bertz CT molecular complexity index is 902. The summed E-state index contributed by atoms with van der Waals surface area (Å²) in [6, 6.07) is 5.96. The van der Waals surface area contributed by atoms with Crippen LogP contribution in [0.15, 0.2) is 34.3 Å². The highest BCUT2D eigenvalue weighted by atomic mass is 32.2. The molecular weight excluding hydrogens is 366 g/mol. The molecule has 0 unspecified atom stereocenters. The highest BCUT2D eigenvalue weighted by Crippen LogP contribution is 2.26. The molecule has 2 aromatic rings. The van der Waals surface area contributed by atoms with Gasteiger partial charge in [0.05, 0.1) is 22.1 Å². The van der Waals surface area contributed by atoms with Gasteiger partial charge < -0.3 is 9.94 Å². The third-order valence-electron chi connectivity index (χ3n) is 3.15. The summed E-state index contributed by atoms with van der Waals surface area (Å²) in [5.41, 5.74) is 1.30. The van der Waals surface area contributed by atoms with Crippen LogP contribution in [-0.4, -0.2) is 43.3 Å². The number of ether oxygens (including phenoxy) is 1. The number of hydrogen-bond donors (Lipinski definition) is 2. The summed E-state index contributed by atoms with van der Waals surface area (Å²) in [5, 5.41) is 15.5. The topological polar surface area (TPSA) is 118 Å². The molecule has 2 N–H and O–H groups in total. The Morgan fingerprint density at radius 3 is 2.52 bits per heavy atom. The first kappa shape index (κ1) is 18.9. The van der Waals surface area contributed by atoms with Gasteiger partial charge >= 0.3 is 6.09 Å². The standard InChI is InChI=1S/C15H17N3O5S2/c1-4-23-15(19)17-14-16-9(2)13(24-14)12(18-20)10-5-7-11(8-6-10)25(3,21)22/h5-8,20H,4H2,1-3H3,(H,16,17,19)/b18-12+. The van der Waals surface area contributed by atoms with E-state index in [0.29, 0.717) is 21.3 Å². The van der Waals surface area contributed by atoms with Gasteiger partial charge in [-0.3, -0.25) is 5.32 Å². The van der Waals surface area contributed by atoms with Crippen LogP contribution in [0.5, 0.6) is 0 Å². The number of carbonyl (C=O) groups excluding carboxylic acids is 1. The van der Waals surface area contributed by atoms with Crippen molar-refractivity contribution in [3.63, 3.8) is 0 Å². The van der Waals surface area contributed by atoms with Crippen molar-refractivity contribution in [2.24, 2.45) is 5.16 Å². The molecule has 1 aromatic heterocycles. The molecule has 25 heavy (non-hydrogen) atoms. The van der Waals surface area contributed by atoms with Gasteiger partial charge in [-0.05, 0) is 26.0 Å². The zero-order chi connectivity index (χ0) is 18.6. The van der Waals surface area contributed by atoms with E-state index in [9.17, 15) is 18.4 Å². The molecular formula is C15H17N3O5S2. The van der Waals surface area contributed by atoms with E-state index < -0.39 is 15.9 Å². The number of thiazole rings is 1. The molecule has 8 nitrogen and oxygen atoms in total. The van der Waals surface area contributed by atoms with Crippen LogP contribution >= 0.6 is 11.3 Å². The molecule has 1 heterocycles. The smallest absolute Gasteiger partial charge is 0.413 e. The molecule has 1 aromatic carbocycles. The van der Waals surface area contributed by atoms with E-state index in [2.05, 4.69) is 15.5 Å². The lowest BCUT2D eigenvalue weighted by atomic mass is 10.1. The third-order valence-corrected chi connectivity index (χ3v) is 5.36. The van der Waals surface area contributed by atoms with Crippen molar-refractivity contribution in [3.05, 3.63) is 40.4 Å². The molecule has 0 radical (unpaired) electrons. The van der Waals surface area contributed by atoms with Gasteiger partial charge in [0.1, 0.15) is 5.71 Å². The lowest BCUT2D eigenvalue weighted by molar-refractivity contribution is 0.168. The summed E-state index contributed by atoms with van der Waals surface area (Å²) in [5.74, 6) is 0. The van der Waals surface area contributed by atoms with E-state index in [-0.39, 0.29) is 17.2 Å². The molecule has 0 aliphatic heterocycles. The summed E-state index contributed by atoms with van der Waals surface area (Å²) in [4.78, 5) is 16.4. The normalized spacial score (nSPS) is 12.0. The van der Waals surface area contributed by atoms with Gasteiger partial charge in [0.25, 0.3) is 0 Å². The van der Waals surface area contributed by atoms with Crippen LogP contribution in [0.4, 0.5) is 9.93 Å². The molecule has 134 valence electrons. The highest BCUT2D eigenvalue weighted by molar-refractivity contribution is 7.90. The average molecular weight is 383 g/mol. The second-order valence-electron chi connectivity index (χ2n) is 5.02. The van der Waals surface area contributed by atoms with Gasteiger partial charge in [0.2, 0.25) is 0 Å². The number of aryl methyl sites for hydroxylation is 1. The van der Waals surface area contributed by atoms with Crippen molar-refractivity contribution in [2.75, 3.05) is 18.2 Å². The largest absolute Gasteiger partial charge is 0.450 e. The Morgan fingerprint density at radius 1 is 1.36 bits per heavy atom. The summed E-state index contributed by atoms with van der Waals surface area (Å²) >= 11 is 1.12. The van der Waals surface area contributed by atoms with Crippen LogP contribution in [0, 0.1) is 6.92 Å². The second kappa shape index (κ2) is 7.62. The Kier molecular flexibility index (Phi) is 5.75. The first-order valence-electron chi connectivity index (χ1n) is 7.20. The molecule has 0 fully saturated rings. The fourth-order valence-electron chi connectivity index (χ4n) is 2.02. The second-order valence-corrected chi connectivity index (χ2v) is 8.04. The fraction of sp³-hybridized carbons (Fsp3) is 0.267. The Labute approximate surface area is 149 Å². The van der Waals surface area contributed by atoms with Gasteiger partial charge in [-0.1, -0.05) is 28.6 Å². The summed E-state index contributed by atoms with van der Waals surface area (Å²) in [6.45, 7) is 3.63. The number of carbonyl (C=O) groups is 1. The van der Waals surface area contributed by atoms with Crippen LogP contribution in [0.1, 0.15) is 23.1 Å². The van der Waals surface area contributed by atoms with Gasteiger partial charge in [-0.15, -0.1) is 0 Å². The lowest BCUT2D eigenvalue weighted by Crippen LogP contribution is -2.12. The van der Waals surface area contributed by atoms with Crippen LogP contribution in [0.25, 0.3) is 0 Å². The molecule has 0 saturated carbocycles. The zero-order valence-corrected chi connectivity index (χ0v) is 15.4. The highest BCUT2D eigenvalue weighted by Gasteiger charge is 2.18. The van der Waals surface area contributed by atoms with Crippen LogP contribution in [0.2, 0.25) is 0 Å². The van der Waals surface area contributed by atoms with Crippen molar-refractivity contribution >= 4 is 38.1 Å². The molecule has 0 aliphatic carbocycles. The fourth-order valence-corrected chi connectivity index (χ4v) is 3.61. The minimum absolute atomic E-state index is 0.166. The molecule has 2 rings (SSSR count). The number of sulfone groups is 1. The van der Waals surface area contributed by atoms with Crippen LogP contribution in [0.3, 0.4) is 0 Å². The zero-order valence-electron chi connectivity index (χ0n) is 13.8. The molecule has 10 heteroatoms. The number of nitrogens with one attached hydrogen (secondary N) is 1. The minimum atomic E-state index is -3.31. The minimum Gasteiger partial charge on any atom is -0.450 e. The van der Waals surface area contributed by atoms with E-state index in [1.54, 1.807) is 26.0 Å². The predicted octanol–water partition coefficient (Wildman–Crippen LogP) is 2.65. The van der Waals surface area contributed by atoms with Crippen LogP contribution in [-0.2, 0) is 14.6 Å². The van der Waals surface area contributed by atoms with E-state index in [0.717, 1.165) is 17.6 Å². The number of benzene rings is 1. The number of amides is 1. The average Bonchev–Trinajstić information content (AvgIpc) is 2.88. The Morgan fingerprint density at radius 2 is 2.00 bits per heavy atom. The number of hydrogen-bond acceptors (Lipinski definition) is 8. The van der Waals surface area contributed by atoms with Crippen LogP contribution < -0.4 is 5.32 Å². The molecule has 1 amide bonds. The van der Waals surface area contributed by atoms with E-state index in [4.69, 9.17) is 4.74 Å². The summed E-state index contributed by atoms with van der Waals surface area (Å²) in [6.07, 6.45) is 0.492. The Balaban J connectivity index is 2.32. The summed E-state index contributed by atoms with van der Waals surface area (Å²) < 4.78 is 27.8. The molecule has 0 spiro atoms. The molecule has 0 atom stereocenters. The number of aromatic nitrogens is 1. The molecule has 0 aliphatic rings. The quantitative estimate of drug-likeness (QED) is 0.465. The maximum absolute atomic E-state index is 11.5. The van der Waals surface area contributed by atoms with Gasteiger partial charge in [-0.2, -0.15) is 0 Å².